The number of hydrogen-bond acceptors (Lipinski definition) is 5. The van der Waals surface area contributed by atoms with Crippen molar-refractivity contribution in [2.45, 2.75) is 19.9 Å². The summed E-state index contributed by atoms with van der Waals surface area (Å²) in [6.45, 7) is 3.02. The van der Waals surface area contributed by atoms with Crippen LogP contribution >= 0.6 is 0 Å². The summed E-state index contributed by atoms with van der Waals surface area (Å²) in [5, 5.41) is 6.47. The highest BCUT2D eigenvalue weighted by molar-refractivity contribution is 5.47. The highest BCUT2D eigenvalue weighted by Gasteiger charge is 2.04. The second-order valence-electron chi connectivity index (χ2n) is 5.63. The van der Waals surface area contributed by atoms with Crippen molar-refractivity contribution >= 4 is 11.6 Å². The lowest BCUT2D eigenvalue weighted by molar-refractivity contribution is 0.610. The van der Waals surface area contributed by atoms with E-state index in [1.54, 1.807) is 18.3 Å². The molecular formula is C19H20FN5. The fraction of sp³-hybridized carbons (Fsp3) is 0.211. The van der Waals surface area contributed by atoms with Crippen LogP contribution in [0.15, 0.2) is 54.7 Å². The van der Waals surface area contributed by atoms with E-state index in [4.69, 9.17) is 0 Å². The molecule has 0 amide bonds. The maximum absolute atomic E-state index is 13.6. The van der Waals surface area contributed by atoms with Crippen LogP contribution in [0.3, 0.4) is 0 Å². The average molecular weight is 337 g/mol. The molecule has 0 spiro atoms. The number of aromatic nitrogens is 3. The van der Waals surface area contributed by atoms with Crippen molar-refractivity contribution < 1.29 is 4.39 Å². The van der Waals surface area contributed by atoms with E-state index in [1.807, 2.05) is 37.3 Å². The molecule has 6 heteroatoms. The summed E-state index contributed by atoms with van der Waals surface area (Å²) in [4.78, 5) is 13.0. The third kappa shape index (κ3) is 4.97. The van der Waals surface area contributed by atoms with Gasteiger partial charge in [0.25, 0.3) is 0 Å². The molecule has 0 saturated carbocycles. The van der Waals surface area contributed by atoms with Crippen molar-refractivity contribution in [2.75, 3.05) is 17.2 Å². The first kappa shape index (κ1) is 16.8. The second kappa shape index (κ2) is 8.19. The van der Waals surface area contributed by atoms with E-state index in [-0.39, 0.29) is 5.82 Å². The van der Waals surface area contributed by atoms with Crippen LogP contribution in [0.2, 0.25) is 0 Å². The third-order valence-corrected chi connectivity index (χ3v) is 3.67. The van der Waals surface area contributed by atoms with Gasteiger partial charge < -0.3 is 10.6 Å². The smallest absolute Gasteiger partial charge is 0.132 e. The first-order valence-corrected chi connectivity index (χ1v) is 8.17. The minimum absolute atomic E-state index is 0.180. The first-order chi connectivity index (χ1) is 12.2. The number of pyridine rings is 1. The largest absolute Gasteiger partial charge is 0.370 e. The SMILES string of the molecule is Cc1nc(NCCc2ccccc2F)cc(NCc2ccccn2)n1. The molecule has 0 atom stereocenters. The van der Waals surface area contributed by atoms with Gasteiger partial charge in [0.05, 0.1) is 12.2 Å². The van der Waals surface area contributed by atoms with Gasteiger partial charge in [-0.25, -0.2) is 14.4 Å². The first-order valence-electron chi connectivity index (χ1n) is 8.17. The predicted molar refractivity (Wildman–Crippen MR) is 96.9 cm³/mol. The van der Waals surface area contributed by atoms with Crippen molar-refractivity contribution in [3.63, 3.8) is 0 Å². The highest BCUT2D eigenvalue weighted by Crippen LogP contribution is 2.13. The Kier molecular flexibility index (Phi) is 5.51. The van der Waals surface area contributed by atoms with Gasteiger partial charge >= 0.3 is 0 Å². The zero-order valence-electron chi connectivity index (χ0n) is 14.0. The molecule has 0 bridgehead atoms. The molecule has 0 fully saturated rings. The molecule has 0 saturated heterocycles. The zero-order valence-corrected chi connectivity index (χ0v) is 14.0. The van der Waals surface area contributed by atoms with Crippen LogP contribution in [0.4, 0.5) is 16.0 Å². The fourth-order valence-corrected chi connectivity index (χ4v) is 2.46. The topological polar surface area (TPSA) is 62.7 Å². The summed E-state index contributed by atoms with van der Waals surface area (Å²) >= 11 is 0. The van der Waals surface area contributed by atoms with Crippen LogP contribution in [0.25, 0.3) is 0 Å². The van der Waals surface area contributed by atoms with Crippen LogP contribution in [-0.2, 0) is 13.0 Å². The Bertz CT molecular complexity index is 823. The molecule has 3 aromatic rings. The zero-order chi connectivity index (χ0) is 17.5. The van der Waals surface area contributed by atoms with E-state index in [0.717, 1.165) is 11.5 Å². The van der Waals surface area contributed by atoms with E-state index >= 15 is 0 Å². The quantitative estimate of drug-likeness (QED) is 0.690. The molecule has 2 aromatic heterocycles. The highest BCUT2D eigenvalue weighted by atomic mass is 19.1. The number of aryl methyl sites for hydroxylation is 1. The third-order valence-electron chi connectivity index (χ3n) is 3.67. The summed E-state index contributed by atoms with van der Waals surface area (Å²) in [5.41, 5.74) is 1.63. The Morgan fingerprint density at radius 1 is 0.960 bits per heavy atom. The van der Waals surface area contributed by atoms with Crippen LogP contribution in [0, 0.1) is 12.7 Å². The Labute approximate surface area is 146 Å². The normalized spacial score (nSPS) is 10.5. The van der Waals surface area contributed by atoms with Crippen molar-refractivity contribution in [1.29, 1.82) is 0 Å². The van der Waals surface area contributed by atoms with Crippen LogP contribution in [-0.4, -0.2) is 21.5 Å². The van der Waals surface area contributed by atoms with Crippen LogP contribution < -0.4 is 10.6 Å². The summed E-state index contributed by atoms with van der Waals surface area (Å²) in [7, 11) is 0. The molecule has 0 aliphatic carbocycles. The molecule has 25 heavy (non-hydrogen) atoms. The van der Waals surface area contributed by atoms with Gasteiger partial charge in [-0.1, -0.05) is 24.3 Å². The van der Waals surface area contributed by atoms with Crippen molar-refractivity contribution in [3.05, 3.63) is 77.6 Å². The number of nitrogens with one attached hydrogen (secondary N) is 2. The lowest BCUT2D eigenvalue weighted by Gasteiger charge is -2.10. The van der Waals surface area contributed by atoms with Gasteiger partial charge in [-0.3, -0.25) is 4.98 Å². The van der Waals surface area contributed by atoms with Gasteiger partial charge in [-0.05, 0) is 37.1 Å². The van der Waals surface area contributed by atoms with Gasteiger partial charge in [0.15, 0.2) is 0 Å². The monoisotopic (exact) mass is 337 g/mol. The molecule has 5 nitrogen and oxygen atoms in total. The molecule has 2 N–H and O–H groups in total. The molecule has 2 heterocycles. The Hall–Kier alpha value is -3.02. The lowest BCUT2D eigenvalue weighted by atomic mass is 10.1. The maximum Gasteiger partial charge on any atom is 0.132 e. The van der Waals surface area contributed by atoms with Crippen molar-refractivity contribution in [2.24, 2.45) is 0 Å². The van der Waals surface area contributed by atoms with E-state index < -0.39 is 0 Å². The van der Waals surface area contributed by atoms with Crippen LogP contribution in [0.1, 0.15) is 17.1 Å². The molecule has 0 unspecified atom stereocenters. The average Bonchev–Trinajstić information content (AvgIpc) is 2.62. The predicted octanol–water partition coefficient (Wildman–Crippen LogP) is 3.59. The Balaban J connectivity index is 1.58. The van der Waals surface area contributed by atoms with E-state index in [9.17, 15) is 4.39 Å². The maximum atomic E-state index is 13.6. The Morgan fingerprint density at radius 2 is 1.72 bits per heavy atom. The molecule has 128 valence electrons. The van der Waals surface area contributed by atoms with Crippen molar-refractivity contribution in [1.82, 2.24) is 15.0 Å². The summed E-state index contributed by atoms with van der Waals surface area (Å²) < 4.78 is 13.6. The van der Waals surface area contributed by atoms with Gasteiger partial charge in [0.1, 0.15) is 23.3 Å². The van der Waals surface area contributed by atoms with E-state index in [2.05, 4.69) is 25.6 Å². The number of hydrogen-bond donors (Lipinski definition) is 2. The number of anilines is 2. The number of nitrogens with zero attached hydrogens (tertiary/aromatic N) is 3. The summed E-state index contributed by atoms with van der Waals surface area (Å²) in [5.74, 6) is 1.93. The molecule has 1 aromatic carbocycles. The standard InChI is InChI=1S/C19H20FN5/c1-14-24-18(22-11-9-15-6-2-3-8-17(15)20)12-19(25-14)23-13-16-7-4-5-10-21-16/h2-8,10,12H,9,11,13H2,1H3,(H2,22,23,24,25). The number of benzene rings is 1. The van der Waals surface area contributed by atoms with Crippen molar-refractivity contribution in [3.8, 4) is 0 Å². The van der Waals surface area contributed by atoms with Crippen LogP contribution in [0.5, 0.6) is 0 Å². The van der Waals surface area contributed by atoms with Gasteiger partial charge in [-0.15, -0.1) is 0 Å². The van der Waals surface area contributed by atoms with Gasteiger partial charge in [0, 0.05) is 18.8 Å². The molecule has 0 aliphatic rings. The van der Waals surface area contributed by atoms with Gasteiger partial charge in [-0.2, -0.15) is 0 Å². The lowest BCUT2D eigenvalue weighted by Crippen LogP contribution is -2.10. The minimum Gasteiger partial charge on any atom is -0.370 e. The summed E-state index contributed by atoms with van der Waals surface area (Å²) in [6, 6.07) is 14.4. The summed E-state index contributed by atoms with van der Waals surface area (Å²) in [6.07, 6.45) is 2.35. The Morgan fingerprint density at radius 3 is 2.48 bits per heavy atom. The molecule has 3 rings (SSSR count). The van der Waals surface area contributed by atoms with Gasteiger partial charge in [0.2, 0.25) is 0 Å². The fourth-order valence-electron chi connectivity index (χ4n) is 2.46. The molecular weight excluding hydrogens is 317 g/mol. The minimum atomic E-state index is -0.180. The second-order valence-corrected chi connectivity index (χ2v) is 5.63. The molecule has 0 aliphatic heterocycles. The van der Waals surface area contributed by atoms with E-state index in [1.165, 1.54) is 6.07 Å². The molecule has 0 radical (unpaired) electrons. The number of halogens is 1. The van der Waals surface area contributed by atoms with E-state index in [0.29, 0.717) is 36.7 Å². The number of rotatable bonds is 7.